The van der Waals surface area contributed by atoms with Gasteiger partial charge in [0.05, 0.1) is 0 Å². The number of nitrogens with one attached hydrogen (secondary N) is 1. The van der Waals surface area contributed by atoms with Gasteiger partial charge in [0, 0.05) is 30.9 Å². The highest BCUT2D eigenvalue weighted by Gasteiger charge is 2.16. The molecule has 0 bridgehead atoms. The van der Waals surface area contributed by atoms with Gasteiger partial charge in [0.25, 0.3) is 5.91 Å². The molecule has 2 heterocycles. The average molecular weight is 234 g/mol. The molecular formula is C13H18N2O2. The highest BCUT2D eigenvalue weighted by molar-refractivity contribution is 5.94. The van der Waals surface area contributed by atoms with Crippen LogP contribution in [0, 0.1) is 0 Å². The van der Waals surface area contributed by atoms with Gasteiger partial charge >= 0.3 is 0 Å². The summed E-state index contributed by atoms with van der Waals surface area (Å²) in [5.41, 5.74) is 0.275. The first-order valence-corrected chi connectivity index (χ1v) is 6.25. The molecule has 1 aliphatic rings. The first-order chi connectivity index (χ1) is 8.27. The van der Waals surface area contributed by atoms with E-state index in [9.17, 15) is 9.59 Å². The van der Waals surface area contributed by atoms with Crippen molar-refractivity contribution in [2.24, 2.45) is 0 Å². The molecule has 1 saturated heterocycles. The molecule has 1 fully saturated rings. The van der Waals surface area contributed by atoms with E-state index in [0.29, 0.717) is 5.56 Å². The Kier molecular flexibility index (Phi) is 3.96. The largest absolute Gasteiger partial charge is 0.339 e. The van der Waals surface area contributed by atoms with E-state index in [2.05, 4.69) is 4.98 Å². The summed E-state index contributed by atoms with van der Waals surface area (Å²) in [6.07, 6.45) is 7.31. The number of amides is 1. The Hall–Kier alpha value is -1.58. The summed E-state index contributed by atoms with van der Waals surface area (Å²) < 4.78 is 0. The molecule has 0 saturated carbocycles. The summed E-state index contributed by atoms with van der Waals surface area (Å²) in [6.45, 7) is 1.62. The van der Waals surface area contributed by atoms with Crippen LogP contribution >= 0.6 is 0 Å². The molecule has 92 valence electrons. The molecule has 1 aliphatic heterocycles. The van der Waals surface area contributed by atoms with Crippen molar-refractivity contribution in [1.82, 2.24) is 9.88 Å². The second-order valence-electron chi connectivity index (χ2n) is 4.50. The maximum Gasteiger partial charge on any atom is 0.254 e. The normalized spacial score (nSPS) is 17.3. The van der Waals surface area contributed by atoms with Crippen LogP contribution in [0.15, 0.2) is 23.1 Å². The third-order valence-corrected chi connectivity index (χ3v) is 3.17. The van der Waals surface area contributed by atoms with Crippen LogP contribution in [-0.2, 0) is 0 Å². The number of hydrogen-bond acceptors (Lipinski definition) is 2. The van der Waals surface area contributed by atoms with E-state index in [1.165, 1.54) is 31.5 Å². The topological polar surface area (TPSA) is 53.2 Å². The molecule has 0 aromatic carbocycles. The smallest absolute Gasteiger partial charge is 0.254 e. The van der Waals surface area contributed by atoms with Crippen LogP contribution in [0.5, 0.6) is 0 Å². The van der Waals surface area contributed by atoms with Gasteiger partial charge in [-0.2, -0.15) is 0 Å². The lowest BCUT2D eigenvalue weighted by molar-refractivity contribution is 0.0742. The van der Waals surface area contributed by atoms with Gasteiger partial charge in [0.1, 0.15) is 0 Å². The van der Waals surface area contributed by atoms with Crippen molar-refractivity contribution in [2.75, 3.05) is 13.1 Å². The number of hydrogen-bond donors (Lipinski definition) is 1. The third-order valence-electron chi connectivity index (χ3n) is 3.17. The zero-order valence-corrected chi connectivity index (χ0v) is 9.95. The van der Waals surface area contributed by atoms with E-state index in [1.54, 1.807) is 6.07 Å². The van der Waals surface area contributed by atoms with Crippen molar-refractivity contribution in [3.05, 3.63) is 34.2 Å². The monoisotopic (exact) mass is 234 g/mol. The second-order valence-corrected chi connectivity index (χ2v) is 4.50. The maximum atomic E-state index is 12.2. The molecule has 2 rings (SSSR count). The number of pyridine rings is 1. The third kappa shape index (κ3) is 3.19. The Balaban J connectivity index is 2.09. The standard InChI is InChI=1S/C13H18N2O2/c16-12-10-11(6-7-14-12)13(17)15-8-4-2-1-3-5-9-15/h6-7,10H,1-5,8-9H2,(H,14,16). The number of carbonyl (C=O) groups excluding carboxylic acids is 1. The SMILES string of the molecule is O=C(c1cc[nH]c(=O)c1)N1CCCCCCC1. The number of aromatic amines is 1. The molecule has 0 atom stereocenters. The fraction of sp³-hybridized carbons (Fsp3) is 0.538. The number of carbonyl (C=O) groups is 1. The van der Waals surface area contributed by atoms with Crippen molar-refractivity contribution in [1.29, 1.82) is 0 Å². The lowest BCUT2D eigenvalue weighted by Gasteiger charge is -2.24. The quantitative estimate of drug-likeness (QED) is 0.805. The Labute approximate surface area is 101 Å². The van der Waals surface area contributed by atoms with Gasteiger partial charge in [0.15, 0.2) is 0 Å². The van der Waals surface area contributed by atoms with E-state index in [0.717, 1.165) is 25.9 Å². The summed E-state index contributed by atoms with van der Waals surface area (Å²) in [6, 6.07) is 3.05. The fourth-order valence-corrected chi connectivity index (χ4v) is 2.21. The average Bonchev–Trinajstić information content (AvgIpc) is 2.28. The molecule has 1 aromatic heterocycles. The lowest BCUT2D eigenvalue weighted by Crippen LogP contribution is -2.34. The zero-order valence-electron chi connectivity index (χ0n) is 9.95. The highest BCUT2D eigenvalue weighted by atomic mass is 16.2. The first kappa shape index (κ1) is 11.9. The minimum atomic E-state index is -0.220. The number of H-pyrrole nitrogens is 1. The van der Waals surface area contributed by atoms with Crippen LogP contribution in [0.25, 0.3) is 0 Å². The van der Waals surface area contributed by atoms with Crippen LogP contribution < -0.4 is 5.56 Å². The number of rotatable bonds is 1. The minimum Gasteiger partial charge on any atom is -0.339 e. The van der Waals surface area contributed by atoms with Crippen LogP contribution in [0.1, 0.15) is 42.5 Å². The predicted octanol–water partition coefficient (Wildman–Crippen LogP) is 1.78. The molecule has 4 heteroatoms. The van der Waals surface area contributed by atoms with Crippen LogP contribution in [0.4, 0.5) is 0 Å². The van der Waals surface area contributed by atoms with Crippen LogP contribution in [0.2, 0.25) is 0 Å². The van der Waals surface area contributed by atoms with Crippen molar-refractivity contribution < 1.29 is 4.79 Å². The van der Waals surface area contributed by atoms with Crippen molar-refractivity contribution >= 4 is 5.91 Å². The highest BCUT2D eigenvalue weighted by Crippen LogP contribution is 2.12. The summed E-state index contributed by atoms with van der Waals surface area (Å²) in [5, 5.41) is 0. The summed E-state index contributed by atoms with van der Waals surface area (Å²) in [5.74, 6) is -0.0157. The van der Waals surface area contributed by atoms with Crippen molar-refractivity contribution in [3.63, 3.8) is 0 Å². The van der Waals surface area contributed by atoms with Crippen LogP contribution in [0.3, 0.4) is 0 Å². The Morgan fingerprint density at radius 2 is 1.76 bits per heavy atom. The van der Waals surface area contributed by atoms with Gasteiger partial charge in [-0.05, 0) is 18.9 Å². The minimum absolute atomic E-state index is 0.0157. The van der Waals surface area contributed by atoms with E-state index in [4.69, 9.17) is 0 Å². The molecule has 1 aromatic rings. The lowest BCUT2D eigenvalue weighted by atomic mass is 10.1. The van der Waals surface area contributed by atoms with Gasteiger partial charge in [-0.1, -0.05) is 19.3 Å². The van der Waals surface area contributed by atoms with E-state index >= 15 is 0 Å². The molecule has 0 spiro atoms. The van der Waals surface area contributed by atoms with Crippen molar-refractivity contribution in [2.45, 2.75) is 32.1 Å². The fourth-order valence-electron chi connectivity index (χ4n) is 2.21. The van der Waals surface area contributed by atoms with E-state index < -0.39 is 0 Å². The molecule has 0 aliphatic carbocycles. The number of nitrogens with zero attached hydrogens (tertiary/aromatic N) is 1. The number of aromatic nitrogens is 1. The maximum absolute atomic E-state index is 12.2. The van der Waals surface area contributed by atoms with Gasteiger partial charge in [-0.3, -0.25) is 9.59 Å². The summed E-state index contributed by atoms with van der Waals surface area (Å²) in [4.78, 5) is 27.8. The molecule has 1 amide bonds. The molecular weight excluding hydrogens is 216 g/mol. The summed E-state index contributed by atoms with van der Waals surface area (Å²) >= 11 is 0. The van der Waals surface area contributed by atoms with E-state index in [-0.39, 0.29) is 11.5 Å². The van der Waals surface area contributed by atoms with Gasteiger partial charge < -0.3 is 9.88 Å². The molecule has 0 unspecified atom stereocenters. The van der Waals surface area contributed by atoms with E-state index in [1.807, 2.05) is 4.90 Å². The van der Waals surface area contributed by atoms with Gasteiger partial charge in [-0.25, -0.2) is 0 Å². The molecule has 17 heavy (non-hydrogen) atoms. The number of likely N-dealkylation sites (tertiary alicyclic amines) is 1. The Morgan fingerprint density at radius 3 is 2.41 bits per heavy atom. The van der Waals surface area contributed by atoms with Crippen molar-refractivity contribution in [3.8, 4) is 0 Å². The zero-order chi connectivity index (χ0) is 12.1. The Bertz CT molecular complexity index is 431. The molecule has 1 N–H and O–H groups in total. The van der Waals surface area contributed by atoms with Crippen LogP contribution in [-0.4, -0.2) is 28.9 Å². The first-order valence-electron chi connectivity index (χ1n) is 6.25. The summed E-state index contributed by atoms with van der Waals surface area (Å²) in [7, 11) is 0. The molecule has 0 radical (unpaired) electrons. The molecule has 4 nitrogen and oxygen atoms in total. The van der Waals surface area contributed by atoms with Gasteiger partial charge in [-0.15, -0.1) is 0 Å². The second kappa shape index (κ2) is 5.66. The van der Waals surface area contributed by atoms with Gasteiger partial charge in [0.2, 0.25) is 5.56 Å². The Morgan fingerprint density at radius 1 is 1.12 bits per heavy atom. The predicted molar refractivity (Wildman–Crippen MR) is 66.1 cm³/mol.